The van der Waals surface area contributed by atoms with Crippen molar-refractivity contribution < 1.29 is 17.9 Å². The predicted octanol–water partition coefficient (Wildman–Crippen LogP) is 2.76. The van der Waals surface area contributed by atoms with Crippen LogP contribution < -0.4 is 5.73 Å². The van der Waals surface area contributed by atoms with E-state index in [1.165, 1.54) is 12.1 Å². The first-order valence-corrected chi connectivity index (χ1v) is 5.97. The topological polar surface area (TPSA) is 38.5 Å². The minimum absolute atomic E-state index is 0.123. The Morgan fingerprint density at radius 3 is 2.58 bits per heavy atom. The third-order valence-electron chi connectivity index (χ3n) is 2.77. The van der Waals surface area contributed by atoms with Crippen molar-refractivity contribution in [2.24, 2.45) is 0 Å². The van der Waals surface area contributed by atoms with Crippen molar-refractivity contribution in [2.45, 2.75) is 19.1 Å². The van der Waals surface area contributed by atoms with E-state index in [9.17, 15) is 13.2 Å². The number of benzene rings is 1. The highest BCUT2D eigenvalue weighted by Crippen LogP contribution is 2.33. The molecule has 0 aliphatic carbocycles. The molecule has 0 atom stereocenters. The Labute approximate surface area is 111 Å². The lowest BCUT2D eigenvalue weighted by Crippen LogP contribution is -2.22. The minimum Gasteiger partial charge on any atom is -0.399 e. The summed E-state index contributed by atoms with van der Waals surface area (Å²) in [5.74, 6) is 0. The highest BCUT2D eigenvalue weighted by atomic mass is 19.4. The average molecular weight is 276 g/mol. The molecule has 0 saturated carbocycles. The summed E-state index contributed by atoms with van der Waals surface area (Å²) in [5, 5.41) is 0. The zero-order chi connectivity index (χ0) is 14.5. The smallest absolute Gasteiger partial charge is 0.399 e. The standard InChI is InChI=1S/C13H19F3N2O/c1-18(6-3-7-19-2)9-10-4-5-11(17)8-12(10)13(14,15)16/h4-5,8H,3,6-7,9,17H2,1-2H3. The van der Waals surface area contributed by atoms with Crippen LogP contribution in [-0.2, 0) is 17.5 Å². The lowest BCUT2D eigenvalue weighted by Gasteiger charge is -2.20. The van der Waals surface area contributed by atoms with Crippen LogP contribution in [0.1, 0.15) is 17.5 Å². The second kappa shape index (κ2) is 6.77. The lowest BCUT2D eigenvalue weighted by atomic mass is 10.1. The first-order chi connectivity index (χ1) is 8.84. The molecule has 108 valence electrons. The Balaban J connectivity index is 2.77. The Morgan fingerprint density at radius 1 is 1.32 bits per heavy atom. The normalized spacial score (nSPS) is 12.1. The molecule has 0 amide bonds. The van der Waals surface area contributed by atoms with Crippen molar-refractivity contribution in [1.29, 1.82) is 0 Å². The van der Waals surface area contributed by atoms with E-state index in [1.807, 2.05) is 4.90 Å². The van der Waals surface area contributed by atoms with Gasteiger partial charge < -0.3 is 15.4 Å². The molecule has 1 aromatic carbocycles. The van der Waals surface area contributed by atoms with Crippen LogP contribution in [0.3, 0.4) is 0 Å². The van der Waals surface area contributed by atoms with E-state index in [4.69, 9.17) is 10.5 Å². The van der Waals surface area contributed by atoms with Crippen LogP contribution in [-0.4, -0.2) is 32.2 Å². The number of anilines is 1. The molecule has 0 heterocycles. The summed E-state index contributed by atoms with van der Waals surface area (Å²) in [7, 11) is 3.38. The Hall–Kier alpha value is -1.27. The number of nitrogen functional groups attached to an aromatic ring is 1. The van der Waals surface area contributed by atoms with Gasteiger partial charge in [0.1, 0.15) is 0 Å². The molecule has 0 saturated heterocycles. The first kappa shape index (κ1) is 15.8. The molecule has 1 aromatic rings. The van der Waals surface area contributed by atoms with Crippen molar-refractivity contribution in [3.63, 3.8) is 0 Å². The maximum atomic E-state index is 12.9. The number of ether oxygens (including phenoxy) is 1. The van der Waals surface area contributed by atoms with Crippen LogP contribution in [0, 0.1) is 0 Å². The third kappa shape index (κ3) is 5.08. The van der Waals surface area contributed by atoms with Crippen LogP contribution in [0.15, 0.2) is 18.2 Å². The number of rotatable bonds is 6. The van der Waals surface area contributed by atoms with E-state index in [0.717, 1.165) is 12.5 Å². The van der Waals surface area contributed by atoms with Gasteiger partial charge in [0.25, 0.3) is 0 Å². The molecule has 0 aromatic heterocycles. The largest absolute Gasteiger partial charge is 0.416 e. The van der Waals surface area contributed by atoms with Gasteiger partial charge in [-0.15, -0.1) is 0 Å². The number of nitrogens with zero attached hydrogens (tertiary/aromatic N) is 1. The number of methoxy groups -OCH3 is 1. The van der Waals surface area contributed by atoms with E-state index >= 15 is 0 Å². The van der Waals surface area contributed by atoms with Gasteiger partial charge in [-0.1, -0.05) is 6.07 Å². The monoisotopic (exact) mass is 276 g/mol. The Morgan fingerprint density at radius 2 is 2.00 bits per heavy atom. The quantitative estimate of drug-likeness (QED) is 0.641. The van der Waals surface area contributed by atoms with Crippen molar-refractivity contribution in [3.8, 4) is 0 Å². The van der Waals surface area contributed by atoms with Gasteiger partial charge in [0.05, 0.1) is 5.56 Å². The molecule has 0 unspecified atom stereocenters. The zero-order valence-electron chi connectivity index (χ0n) is 11.1. The van der Waals surface area contributed by atoms with Crippen molar-refractivity contribution >= 4 is 5.69 Å². The van der Waals surface area contributed by atoms with Crippen molar-refractivity contribution in [2.75, 3.05) is 33.0 Å². The average Bonchev–Trinajstić information content (AvgIpc) is 2.30. The molecule has 19 heavy (non-hydrogen) atoms. The molecule has 0 aliphatic rings. The van der Waals surface area contributed by atoms with Crippen molar-refractivity contribution in [1.82, 2.24) is 4.90 Å². The highest BCUT2D eigenvalue weighted by Gasteiger charge is 2.33. The maximum absolute atomic E-state index is 12.9. The van der Waals surface area contributed by atoms with Crippen LogP contribution in [0.2, 0.25) is 0 Å². The van der Waals surface area contributed by atoms with E-state index in [0.29, 0.717) is 13.2 Å². The predicted molar refractivity (Wildman–Crippen MR) is 68.7 cm³/mol. The SMILES string of the molecule is COCCCN(C)Cc1ccc(N)cc1C(F)(F)F. The van der Waals surface area contributed by atoms with Crippen LogP contribution in [0.5, 0.6) is 0 Å². The van der Waals surface area contributed by atoms with Gasteiger partial charge >= 0.3 is 6.18 Å². The van der Waals surface area contributed by atoms with E-state index in [1.54, 1.807) is 14.2 Å². The summed E-state index contributed by atoms with van der Waals surface area (Å²) in [5.41, 5.74) is 5.12. The van der Waals surface area contributed by atoms with Gasteiger partial charge in [0.2, 0.25) is 0 Å². The fraction of sp³-hybridized carbons (Fsp3) is 0.538. The summed E-state index contributed by atoms with van der Waals surface area (Å²) >= 11 is 0. The number of nitrogens with two attached hydrogens (primary N) is 1. The van der Waals surface area contributed by atoms with Crippen LogP contribution in [0.4, 0.5) is 18.9 Å². The molecule has 3 nitrogen and oxygen atoms in total. The molecule has 0 spiro atoms. The highest BCUT2D eigenvalue weighted by molar-refractivity contribution is 5.46. The summed E-state index contributed by atoms with van der Waals surface area (Å²) < 4.78 is 43.6. The van der Waals surface area contributed by atoms with Gasteiger partial charge in [-0.2, -0.15) is 13.2 Å². The lowest BCUT2D eigenvalue weighted by molar-refractivity contribution is -0.138. The fourth-order valence-electron chi connectivity index (χ4n) is 1.84. The van der Waals surface area contributed by atoms with E-state index in [-0.39, 0.29) is 17.8 Å². The number of alkyl halides is 3. The molecular formula is C13H19F3N2O. The number of hydrogen-bond donors (Lipinski definition) is 1. The number of halogens is 3. The van der Waals surface area contributed by atoms with Crippen LogP contribution >= 0.6 is 0 Å². The molecular weight excluding hydrogens is 257 g/mol. The summed E-state index contributed by atoms with van der Waals surface area (Å²) in [6.45, 7) is 1.51. The van der Waals surface area contributed by atoms with Gasteiger partial charge in [-0.3, -0.25) is 0 Å². The molecule has 0 radical (unpaired) electrons. The van der Waals surface area contributed by atoms with Gasteiger partial charge in [-0.25, -0.2) is 0 Å². The van der Waals surface area contributed by atoms with Gasteiger partial charge in [-0.05, 0) is 31.2 Å². The number of hydrogen-bond acceptors (Lipinski definition) is 3. The molecule has 1 rings (SSSR count). The molecule has 2 N–H and O–H groups in total. The molecule has 0 fully saturated rings. The molecule has 0 aliphatic heterocycles. The molecule has 6 heteroatoms. The van der Waals surface area contributed by atoms with E-state index < -0.39 is 11.7 Å². The second-order valence-corrected chi connectivity index (χ2v) is 4.50. The van der Waals surface area contributed by atoms with Crippen LogP contribution in [0.25, 0.3) is 0 Å². The van der Waals surface area contributed by atoms with Gasteiger partial charge in [0.15, 0.2) is 0 Å². The third-order valence-corrected chi connectivity index (χ3v) is 2.77. The molecule has 0 bridgehead atoms. The second-order valence-electron chi connectivity index (χ2n) is 4.50. The Bertz CT molecular complexity index is 407. The fourth-order valence-corrected chi connectivity index (χ4v) is 1.84. The van der Waals surface area contributed by atoms with Crippen molar-refractivity contribution in [3.05, 3.63) is 29.3 Å². The van der Waals surface area contributed by atoms with E-state index in [2.05, 4.69) is 0 Å². The first-order valence-electron chi connectivity index (χ1n) is 5.97. The van der Waals surface area contributed by atoms with Gasteiger partial charge in [0, 0.05) is 32.5 Å². The zero-order valence-corrected chi connectivity index (χ0v) is 11.1. The summed E-state index contributed by atoms with van der Waals surface area (Å²) in [6.07, 6.45) is -3.60. The maximum Gasteiger partial charge on any atom is 0.416 e. The summed E-state index contributed by atoms with van der Waals surface area (Å²) in [4.78, 5) is 1.83. The Kier molecular flexibility index (Phi) is 5.62. The minimum atomic E-state index is -4.38. The summed E-state index contributed by atoms with van der Waals surface area (Å²) in [6, 6.07) is 3.91.